The minimum absolute atomic E-state index is 0.0478. The number of morpholine rings is 1. The first-order valence-corrected chi connectivity index (χ1v) is 10.9. The number of nitrogens with zero attached hydrogens (tertiary/aromatic N) is 1. The van der Waals surface area contributed by atoms with Crippen molar-refractivity contribution < 1.29 is 22.7 Å². The van der Waals surface area contributed by atoms with Crippen molar-refractivity contribution in [2.24, 2.45) is 17.8 Å². The largest absolute Gasteiger partial charge is 0.379 e. The lowest BCUT2D eigenvalue weighted by molar-refractivity contribution is -0.126. The molecule has 1 aliphatic heterocycles. The molecule has 2 fully saturated rings. The van der Waals surface area contributed by atoms with Gasteiger partial charge in [-0.3, -0.25) is 20.4 Å². The van der Waals surface area contributed by atoms with E-state index in [1.807, 2.05) is 0 Å². The van der Waals surface area contributed by atoms with Gasteiger partial charge in [0, 0.05) is 24.6 Å². The number of allylic oxidation sites excluding steroid dienone is 2. The zero-order chi connectivity index (χ0) is 19.7. The van der Waals surface area contributed by atoms with E-state index in [4.69, 9.17) is 4.74 Å². The molecule has 1 saturated carbocycles. The molecule has 2 N–H and O–H groups in total. The Morgan fingerprint density at radius 2 is 1.86 bits per heavy atom. The van der Waals surface area contributed by atoms with Crippen LogP contribution in [0.15, 0.2) is 41.3 Å². The third kappa shape index (κ3) is 3.69. The van der Waals surface area contributed by atoms with E-state index in [0.717, 1.165) is 12.8 Å². The van der Waals surface area contributed by atoms with Gasteiger partial charge in [-0.15, -0.1) is 0 Å². The van der Waals surface area contributed by atoms with Crippen LogP contribution in [0.3, 0.4) is 0 Å². The van der Waals surface area contributed by atoms with Gasteiger partial charge in [0.25, 0.3) is 5.91 Å². The molecule has 0 spiro atoms. The Labute approximate surface area is 163 Å². The number of rotatable bonds is 4. The molecule has 150 valence electrons. The molecule has 1 saturated heterocycles. The van der Waals surface area contributed by atoms with Crippen molar-refractivity contribution in [3.8, 4) is 0 Å². The summed E-state index contributed by atoms with van der Waals surface area (Å²) in [4.78, 5) is 24.8. The van der Waals surface area contributed by atoms with Crippen LogP contribution < -0.4 is 10.9 Å². The highest BCUT2D eigenvalue weighted by molar-refractivity contribution is 7.89. The SMILES string of the molecule is O=C(NNC(=O)[C@@H]1C[C@@H]2C=C[C@H]1C2)c1cccc(S(=O)(=O)N2CCOCC2)c1. The van der Waals surface area contributed by atoms with Crippen LogP contribution in [0, 0.1) is 17.8 Å². The molecule has 2 amide bonds. The van der Waals surface area contributed by atoms with Crippen molar-refractivity contribution in [2.75, 3.05) is 26.3 Å². The molecule has 0 aromatic heterocycles. The molecular formula is C19H23N3O5S. The van der Waals surface area contributed by atoms with Gasteiger partial charge in [0.2, 0.25) is 15.9 Å². The monoisotopic (exact) mass is 405 g/mol. The van der Waals surface area contributed by atoms with Gasteiger partial charge in [-0.05, 0) is 42.9 Å². The van der Waals surface area contributed by atoms with E-state index in [1.165, 1.54) is 28.6 Å². The summed E-state index contributed by atoms with van der Waals surface area (Å²) in [5.41, 5.74) is 5.05. The molecule has 4 rings (SSSR count). The molecule has 2 bridgehead atoms. The lowest BCUT2D eigenvalue weighted by Gasteiger charge is -2.26. The van der Waals surface area contributed by atoms with Gasteiger partial charge in [0.1, 0.15) is 0 Å². The Kier molecular flexibility index (Phi) is 5.22. The van der Waals surface area contributed by atoms with Crippen molar-refractivity contribution in [3.63, 3.8) is 0 Å². The van der Waals surface area contributed by atoms with Crippen LogP contribution in [0.4, 0.5) is 0 Å². The van der Waals surface area contributed by atoms with Crippen molar-refractivity contribution in [2.45, 2.75) is 17.7 Å². The van der Waals surface area contributed by atoms with Gasteiger partial charge in [0.05, 0.1) is 18.1 Å². The van der Waals surface area contributed by atoms with Gasteiger partial charge < -0.3 is 4.74 Å². The summed E-state index contributed by atoms with van der Waals surface area (Å²) in [6.07, 6.45) is 6.01. The Bertz CT molecular complexity index is 908. The number of sulfonamides is 1. The minimum atomic E-state index is -3.69. The van der Waals surface area contributed by atoms with Crippen molar-refractivity contribution in [1.29, 1.82) is 0 Å². The third-order valence-electron chi connectivity index (χ3n) is 5.62. The second-order valence-electron chi connectivity index (χ2n) is 7.37. The van der Waals surface area contributed by atoms with Crippen molar-refractivity contribution >= 4 is 21.8 Å². The first-order chi connectivity index (χ1) is 13.4. The van der Waals surface area contributed by atoms with E-state index in [9.17, 15) is 18.0 Å². The van der Waals surface area contributed by atoms with Gasteiger partial charge in [-0.25, -0.2) is 8.42 Å². The van der Waals surface area contributed by atoms with E-state index in [2.05, 4.69) is 23.0 Å². The fourth-order valence-corrected chi connectivity index (χ4v) is 5.55. The van der Waals surface area contributed by atoms with Crippen molar-refractivity contribution in [1.82, 2.24) is 15.2 Å². The molecule has 1 aromatic carbocycles. The maximum absolute atomic E-state index is 12.7. The number of carbonyl (C=O) groups excluding carboxylic acids is 2. The molecule has 8 nitrogen and oxygen atoms in total. The zero-order valence-electron chi connectivity index (χ0n) is 15.3. The Hall–Kier alpha value is -2.23. The van der Waals surface area contributed by atoms with Crippen LogP contribution in [-0.2, 0) is 19.6 Å². The molecule has 1 aromatic rings. The summed E-state index contributed by atoms with van der Waals surface area (Å²) in [5, 5.41) is 0. The molecule has 3 aliphatic rings. The van der Waals surface area contributed by atoms with Gasteiger partial charge >= 0.3 is 0 Å². The number of benzene rings is 1. The first-order valence-electron chi connectivity index (χ1n) is 9.41. The number of hydrazine groups is 1. The molecule has 2 aliphatic carbocycles. The molecule has 0 unspecified atom stereocenters. The molecule has 0 radical (unpaired) electrons. The molecule has 3 atom stereocenters. The van der Waals surface area contributed by atoms with Crippen LogP contribution in [0.1, 0.15) is 23.2 Å². The van der Waals surface area contributed by atoms with E-state index >= 15 is 0 Å². The van der Waals surface area contributed by atoms with Crippen LogP contribution in [0.5, 0.6) is 0 Å². The smallest absolute Gasteiger partial charge is 0.269 e. The van der Waals surface area contributed by atoms with E-state index < -0.39 is 15.9 Å². The maximum atomic E-state index is 12.7. The van der Waals surface area contributed by atoms with Gasteiger partial charge in [-0.2, -0.15) is 4.31 Å². The van der Waals surface area contributed by atoms with Crippen LogP contribution in [0.2, 0.25) is 0 Å². The molecule has 9 heteroatoms. The zero-order valence-corrected chi connectivity index (χ0v) is 16.2. The number of carbonyl (C=O) groups is 2. The fourth-order valence-electron chi connectivity index (χ4n) is 4.10. The lowest BCUT2D eigenvalue weighted by Crippen LogP contribution is -2.45. The number of nitrogens with one attached hydrogen (secondary N) is 2. The number of amides is 2. The lowest BCUT2D eigenvalue weighted by atomic mass is 9.93. The summed E-state index contributed by atoms with van der Waals surface area (Å²) < 4.78 is 32.0. The highest BCUT2D eigenvalue weighted by atomic mass is 32.2. The summed E-state index contributed by atoms with van der Waals surface area (Å²) in [6, 6.07) is 5.82. The van der Waals surface area contributed by atoms with E-state index in [1.54, 1.807) is 0 Å². The predicted molar refractivity (Wildman–Crippen MR) is 100 cm³/mol. The van der Waals surface area contributed by atoms with Crippen molar-refractivity contribution in [3.05, 3.63) is 42.0 Å². The second kappa shape index (κ2) is 7.65. The summed E-state index contributed by atoms with van der Waals surface area (Å²) in [7, 11) is -3.69. The number of fused-ring (bicyclic) bond motifs is 2. The topological polar surface area (TPSA) is 105 Å². The Morgan fingerprint density at radius 1 is 1.07 bits per heavy atom. The average molecular weight is 405 g/mol. The van der Waals surface area contributed by atoms with Crippen LogP contribution >= 0.6 is 0 Å². The predicted octanol–water partition coefficient (Wildman–Crippen LogP) is 0.681. The standard InChI is InChI=1S/C19H23N3O5S/c23-18(20-21-19(24)17-11-13-4-5-14(17)10-13)15-2-1-3-16(12-15)28(25,26)22-6-8-27-9-7-22/h1-5,12-14,17H,6-11H2,(H,20,23)(H,21,24)/t13-,14+,17-/m1/s1. The Balaban J connectivity index is 1.40. The van der Waals surface area contributed by atoms with E-state index in [0.29, 0.717) is 19.1 Å². The van der Waals surface area contributed by atoms with Crippen LogP contribution in [-0.4, -0.2) is 50.8 Å². The number of hydrogen-bond acceptors (Lipinski definition) is 5. The molecule has 1 heterocycles. The average Bonchev–Trinajstić information content (AvgIpc) is 3.36. The summed E-state index contributed by atoms with van der Waals surface area (Å²) in [5.74, 6) is -0.181. The Morgan fingerprint density at radius 3 is 2.54 bits per heavy atom. The molecular weight excluding hydrogens is 382 g/mol. The van der Waals surface area contributed by atoms with Gasteiger partial charge in [0.15, 0.2) is 0 Å². The van der Waals surface area contributed by atoms with E-state index in [-0.39, 0.29) is 41.3 Å². The maximum Gasteiger partial charge on any atom is 0.269 e. The second-order valence-corrected chi connectivity index (χ2v) is 9.31. The minimum Gasteiger partial charge on any atom is -0.379 e. The summed E-state index contributed by atoms with van der Waals surface area (Å²) >= 11 is 0. The van der Waals surface area contributed by atoms with Gasteiger partial charge in [-0.1, -0.05) is 18.2 Å². The summed E-state index contributed by atoms with van der Waals surface area (Å²) in [6.45, 7) is 1.27. The highest BCUT2D eigenvalue weighted by Crippen LogP contribution is 2.43. The first kappa shape index (κ1) is 19.1. The number of ether oxygens (including phenoxy) is 1. The normalized spacial score (nSPS) is 26.9. The number of hydrogen-bond donors (Lipinski definition) is 2. The quantitative estimate of drug-likeness (QED) is 0.566. The van der Waals surface area contributed by atoms with Crippen LogP contribution in [0.25, 0.3) is 0 Å². The fraction of sp³-hybridized carbons (Fsp3) is 0.474. The third-order valence-corrected chi connectivity index (χ3v) is 7.51. The molecule has 28 heavy (non-hydrogen) atoms. The highest BCUT2D eigenvalue weighted by Gasteiger charge is 2.39.